The van der Waals surface area contributed by atoms with E-state index in [1.807, 2.05) is 72.8 Å². The summed E-state index contributed by atoms with van der Waals surface area (Å²) in [4.78, 5) is 37.5. The van der Waals surface area contributed by atoms with E-state index in [9.17, 15) is 0 Å². The molecule has 0 spiro atoms. The Morgan fingerprint density at radius 1 is 0.508 bits per heavy atom. The van der Waals surface area contributed by atoms with E-state index < -0.39 is 0 Å². The average molecular weight is 888 g/mol. The second-order valence-corrected chi connectivity index (χ2v) is 16.1. The molecule has 0 bridgehead atoms. The lowest BCUT2D eigenvalue weighted by Crippen LogP contribution is -2.30. The smallest absolute Gasteiger partial charge is 0.373 e. The van der Waals surface area contributed by atoms with E-state index in [4.69, 9.17) is 51.9 Å². The number of aryl methyl sites for hydroxylation is 1. The van der Waals surface area contributed by atoms with Crippen LogP contribution in [0.1, 0.15) is 29.5 Å². The van der Waals surface area contributed by atoms with Crippen molar-refractivity contribution < 1.29 is 28.7 Å². The molecule has 2 unspecified atom stereocenters. The summed E-state index contributed by atoms with van der Waals surface area (Å²) in [5.41, 5.74) is 6.40. The van der Waals surface area contributed by atoms with Crippen LogP contribution in [-0.4, -0.2) is 51.6 Å². The summed E-state index contributed by atoms with van der Waals surface area (Å²) in [7, 11) is 0. The van der Waals surface area contributed by atoms with Crippen LogP contribution in [0.5, 0.6) is 23.0 Å². The van der Waals surface area contributed by atoms with E-state index in [2.05, 4.69) is 106 Å². The Morgan fingerprint density at radius 2 is 0.857 bits per heavy atom. The molecule has 2 aliphatic rings. The van der Waals surface area contributed by atoms with Crippen LogP contribution >= 0.6 is 23.2 Å². The van der Waals surface area contributed by atoms with Crippen LogP contribution in [0.15, 0.2) is 152 Å². The second-order valence-electron chi connectivity index (χ2n) is 15.2. The van der Waals surface area contributed by atoms with Crippen LogP contribution in [0.25, 0.3) is 0 Å². The SMILES string of the molecule is Cc1ccc(CN(CC2CCNC2)c2ccc(Oc3ccc(Cl)cc3)cc2)cc1.Clc1ccc(Oc2ccc(N(Cc3ccccc3)CC3CCNC3)cc2)cc1.O=C=O.O=C=O. The maximum Gasteiger partial charge on any atom is 0.373 e. The summed E-state index contributed by atoms with van der Waals surface area (Å²) in [5.74, 6) is 4.60. The molecule has 0 aromatic heterocycles. The van der Waals surface area contributed by atoms with Gasteiger partial charge >= 0.3 is 12.3 Å². The van der Waals surface area contributed by atoms with Gasteiger partial charge in [-0.15, -0.1) is 0 Å². The van der Waals surface area contributed by atoms with Gasteiger partial charge in [0.2, 0.25) is 0 Å². The third-order valence-corrected chi connectivity index (χ3v) is 11.0. The van der Waals surface area contributed by atoms with Gasteiger partial charge in [0, 0.05) is 47.6 Å². The number of nitrogens with one attached hydrogen (secondary N) is 2. The first-order valence-corrected chi connectivity index (χ1v) is 21.6. The zero-order valence-corrected chi connectivity index (χ0v) is 36.8. The van der Waals surface area contributed by atoms with Gasteiger partial charge in [-0.05, 0) is 166 Å². The van der Waals surface area contributed by atoms with Crippen molar-refractivity contribution in [3.63, 3.8) is 0 Å². The summed E-state index contributed by atoms with van der Waals surface area (Å²) in [5, 5.41) is 8.38. The van der Waals surface area contributed by atoms with Crippen molar-refractivity contribution in [1.29, 1.82) is 0 Å². The number of ether oxygens (including phenoxy) is 2. The van der Waals surface area contributed by atoms with Gasteiger partial charge in [0.25, 0.3) is 0 Å². The minimum Gasteiger partial charge on any atom is -0.457 e. The van der Waals surface area contributed by atoms with Crippen LogP contribution < -0.4 is 29.9 Å². The van der Waals surface area contributed by atoms with Crippen LogP contribution in [0, 0.1) is 18.8 Å². The maximum absolute atomic E-state index is 8.12. The normalized spacial score (nSPS) is 14.8. The van der Waals surface area contributed by atoms with Crippen molar-refractivity contribution >= 4 is 46.9 Å². The molecule has 63 heavy (non-hydrogen) atoms. The lowest BCUT2D eigenvalue weighted by Gasteiger charge is -2.28. The van der Waals surface area contributed by atoms with Crippen LogP contribution in [-0.2, 0) is 32.3 Å². The van der Waals surface area contributed by atoms with Crippen molar-refractivity contribution in [3.8, 4) is 23.0 Å². The monoisotopic (exact) mass is 886 g/mol. The van der Waals surface area contributed by atoms with Gasteiger partial charge in [-0.1, -0.05) is 83.4 Å². The number of carbonyl (C=O) groups excluding carboxylic acids is 4. The quantitative estimate of drug-likeness (QED) is 0.109. The molecular weight excluding hydrogens is 835 g/mol. The molecule has 2 fully saturated rings. The molecule has 0 radical (unpaired) electrons. The van der Waals surface area contributed by atoms with Crippen molar-refractivity contribution in [2.45, 2.75) is 32.9 Å². The molecule has 12 heteroatoms. The van der Waals surface area contributed by atoms with Gasteiger partial charge in [-0.25, -0.2) is 0 Å². The Morgan fingerprint density at radius 3 is 1.21 bits per heavy atom. The minimum absolute atomic E-state index is 0.250. The first kappa shape index (κ1) is 47.8. The Balaban J connectivity index is 0.000000211. The number of anilines is 2. The number of halogens is 2. The Bertz CT molecular complexity index is 2260. The fourth-order valence-electron chi connectivity index (χ4n) is 7.33. The number of rotatable bonds is 14. The summed E-state index contributed by atoms with van der Waals surface area (Å²) in [6, 6.07) is 51.1. The molecular formula is C51H52Cl2N4O6. The molecule has 8 rings (SSSR count). The molecule has 2 N–H and O–H groups in total. The third kappa shape index (κ3) is 16.9. The van der Waals surface area contributed by atoms with Crippen LogP contribution in [0.3, 0.4) is 0 Å². The highest BCUT2D eigenvalue weighted by molar-refractivity contribution is 6.30. The van der Waals surface area contributed by atoms with Gasteiger partial charge < -0.3 is 29.9 Å². The zero-order valence-electron chi connectivity index (χ0n) is 35.3. The topological polar surface area (TPSA) is 117 Å². The molecule has 0 aliphatic carbocycles. The van der Waals surface area contributed by atoms with E-state index >= 15 is 0 Å². The zero-order chi connectivity index (χ0) is 44.7. The molecule has 0 saturated carbocycles. The van der Waals surface area contributed by atoms with Gasteiger partial charge in [0.05, 0.1) is 0 Å². The van der Waals surface area contributed by atoms with Crippen molar-refractivity contribution in [2.24, 2.45) is 11.8 Å². The van der Waals surface area contributed by atoms with Gasteiger partial charge in [0.15, 0.2) is 0 Å². The van der Waals surface area contributed by atoms with Gasteiger partial charge in [-0.3, -0.25) is 0 Å². The molecule has 2 aliphatic heterocycles. The molecule has 0 amide bonds. The van der Waals surface area contributed by atoms with E-state index in [-0.39, 0.29) is 12.3 Å². The van der Waals surface area contributed by atoms with Gasteiger partial charge in [-0.2, -0.15) is 19.2 Å². The van der Waals surface area contributed by atoms with Crippen molar-refractivity contribution in [1.82, 2.24) is 10.6 Å². The summed E-state index contributed by atoms with van der Waals surface area (Å²) < 4.78 is 11.9. The van der Waals surface area contributed by atoms with E-state index in [1.54, 1.807) is 0 Å². The summed E-state index contributed by atoms with van der Waals surface area (Å²) >= 11 is 11.9. The summed E-state index contributed by atoms with van der Waals surface area (Å²) in [6.45, 7) is 10.5. The molecule has 6 aromatic rings. The Kier molecular flexibility index (Phi) is 20.0. The first-order valence-electron chi connectivity index (χ1n) is 20.8. The van der Waals surface area contributed by atoms with E-state index in [0.717, 1.165) is 75.4 Å². The van der Waals surface area contributed by atoms with Crippen LogP contribution in [0.2, 0.25) is 10.0 Å². The molecule has 2 saturated heterocycles. The highest BCUT2D eigenvalue weighted by Crippen LogP contribution is 2.29. The van der Waals surface area contributed by atoms with E-state index in [0.29, 0.717) is 21.9 Å². The minimum atomic E-state index is 0.250. The second kappa shape index (κ2) is 26.3. The standard InChI is InChI=1S/C25H27ClN2O.C24H25ClN2O.2CO2/c1-19-2-4-20(5-3-19)17-28(18-21-14-15-27-16-21)23-8-12-25(13-9-23)29-24-10-6-22(26)7-11-24;25-21-6-10-23(11-7-21)28-24-12-8-22(9-13-24)27(18-20-14-15-26-16-20)17-19-4-2-1-3-5-19;2*2-1-3/h2-13,21,27H,14-18H2,1H3;1-13,20,26H,14-18H2;;. The predicted molar refractivity (Wildman–Crippen MR) is 248 cm³/mol. The fraction of sp³-hybridized carbons (Fsp3) is 0.255. The number of nitrogens with zero attached hydrogens (tertiary/aromatic N) is 2. The average Bonchev–Trinajstić information content (AvgIpc) is 4.03. The molecule has 10 nitrogen and oxygen atoms in total. The van der Waals surface area contributed by atoms with Crippen LogP contribution in [0.4, 0.5) is 11.4 Å². The van der Waals surface area contributed by atoms with Crippen molar-refractivity contribution in [3.05, 3.63) is 178 Å². The molecule has 6 aromatic carbocycles. The highest BCUT2D eigenvalue weighted by Gasteiger charge is 2.20. The van der Waals surface area contributed by atoms with Gasteiger partial charge in [0.1, 0.15) is 23.0 Å². The number of hydrogen-bond acceptors (Lipinski definition) is 10. The van der Waals surface area contributed by atoms with E-state index in [1.165, 1.54) is 40.9 Å². The molecule has 326 valence electrons. The fourth-order valence-corrected chi connectivity index (χ4v) is 7.58. The number of benzene rings is 6. The lowest BCUT2D eigenvalue weighted by atomic mass is 10.1. The third-order valence-electron chi connectivity index (χ3n) is 10.5. The highest BCUT2D eigenvalue weighted by atomic mass is 35.5. The Labute approximate surface area is 379 Å². The molecule has 2 atom stereocenters. The molecule has 2 heterocycles. The largest absolute Gasteiger partial charge is 0.457 e. The predicted octanol–water partition coefficient (Wildman–Crippen LogP) is 10.6. The lowest BCUT2D eigenvalue weighted by molar-refractivity contribution is -0.193. The first-order chi connectivity index (χ1) is 30.7. The summed E-state index contributed by atoms with van der Waals surface area (Å²) in [6.07, 6.45) is 2.98. The Hall–Kier alpha value is -6.22. The number of hydrogen-bond donors (Lipinski definition) is 2. The van der Waals surface area contributed by atoms with Crippen molar-refractivity contribution in [2.75, 3.05) is 49.1 Å². The maximum atomic E-state index is 8.12.